The van der Waals surface area contributed by atoms with Gasteiger partial charge in [-0.15, -0.1) is 21.5 Å². The third-order valence-corrected chi connectivity index (χ3v) is 5.26. The van der Waals surface area contributed by atoms with Crippen molar-refractivity contribution in [2.45, 2.75) is 44.6 Å². The molecule has 2 aromatic heterocycles. The van der Waals surface area contributed by atoms with Crippen LogP contribution in [-0.2, 0) is 24.4 Å². The van der Waals surface area contributed by atoms with Gasteiger partial charge in [0.2, 0.25) is 0 Å². The molecule has 4 rings (SSSR count). The Labute approximate surface area is 139 Å². The normalized spacial score (nSPS) is 19.7. The number of hydrogen-bond donors (Lipinski definition) is 1. The summed E-state index contributed by atoms with van der Waals surface area (Å²) in [5, 5.41) is 20.9. The van der Waals surface area contributed by atoms with Gasteiger partial charge in [0.1, 0.15) is 11.6 Å². The van der Waals surface area contributed by atoms with Gasteiger partial charge in [-0.2, -0.15) is 0 Å². The van der Waals surface area contributed by atoms with E-state index in [0.717, 1.165) is 25.5 Å². The van der Waals surface area contributed by atoms with Crippen LogP contribution < -0.4 is 0 Å². The van der Waals surface area contributed by atoms with Crippen LogP contribution in [-0.4, -0.2) is 50.6 Å². The fraction of sp³-hybridized carbons (Fsp3) is 0.625. The van der Waals surface area contributed by atoms with Crippen molar-refractivity contribution in [3.63, 3.8) is 0 Å². The molecule has 0 amide bonds. The minimum Gasteiger partial charge on any atom is -0.389 e. The van der Waals surface area contributed by atoms with Crippen LogP contribution in [0.4, 0.5) is 0 Å². The van der Waals surface area contributed by atoms with Crippen LogP contribution in [0.2, 0.25) is 0 Å². The van der Waals surface area contributed by atoms with Crippen LogP contribution in [0.5, 0.6) is 0 Å². The van der Waals surface area contributed by atoms with Crippen LogP contribution in [0.1, 0.15) is 35.3 Å². The quantitative estimate of drug-likeness (QED) is 0.833. The van der Waals surface area contributed by atoms with Crippen molar-refractivity contribution < 1.29 is 9.84 Å². The highest BCUT2D eigenvalue weighted by Gasteiger charge is 2.32. The minimum atomic E-state index is -0.465. The van der Waals surface area contributed by atoms with Gasteiger partial charge >= 0.3 is 0 Å². The standard InChI is InChI=1S/C16H22N4O2S/c21-13(10-22-11-14-2-1-7-23-14)8-19-5-6-20-15(9-19)17-18-16(20)12-3-4-12/h1-2,7,12-13,21H,3-6,8-11H2/t13-/m1/s1. The van der Waals surface area contributed by atoms with E-state index in [1.54, 1.807) is 11.3 Å². The summed E-state index contributed by atoms with van der Waals surface area (Å²) in [6, 6.07) is 4.06. The van der Waals surface area contributed by atoms with Crippen LogP contribution in [0.25, 0.3) is 0 Å². The number of rotatable bonds is 7. The van der Waals surface area contributed by atoms with Gasteiger partial charge in [0.15, 0.2) is 0 Å². The van der Waals surface area contributed by atoms with Crippen molar-refractivity contribution in [2.75, 3.05) is 19.7 Å². The highest BCUT2D eigenvalue weighted by atomic mass is 32.1. The number of nitrogens with zero attached hydrogens (tertiary/aromatic N) is 4. The molecule has 1 aliphatic carbocycles. The van der Waals surface area contributed by atoms with Crippen molar-refractivity contribution >= 4 is 11.3 Å². The molecule has 2 aliphatic rings. The lowest BCUT2D eigenvalue weighted by atomic mass is 10.2. The number of hydrogen-bond acceptors (Lipinski definition) is 6. The first-order chi connectivity index (χ1) is 11.3. The summed E-state index contributed by atoms with van der Waals surface area (Å²) >= 11 is 1.68. The molecule has 0 saturated heterocycles. The van der Waals surface area contributed by atoms with Gasteiger partial charge in [-0.3, -0.25) is 4.90 Å². The largest absolute Gasteiger partial charge is 0.389 e. The second-order valence-corrected chi connectivity index (χ2v) is 7.42. The fourth-order valence-corrected chi connectivity index (χ4v) is 3.71. The van der Waals surface area contributed by atoms with Gasteiger partial charge in [0.25, 0.3) is 0 Å². The molecule has 0 unspecified atom stereocenters. The van der Waals surface area contributed by atoms with Crippen molar-refractivity contribution in [1.29, 1.82) is 0 Å². The number of aliphatic hydroxyl groups is 1. The van der Waals surface area contributed by atoms with E-state index in [-0.39, 0.29) is 0 Å². The predicted octanol–water partition coefficient (Wildman–Crippen LogP) is 1.61. The molecule has 3 heterocycles. The van der Waals surface area contributed by atoms with Crippen LogP contribution >= 0.6 is 11.3 Å². The maximum Gasteiger partial charge on any atom is 0.147 e. The van der Waals surface area contributed by atoms with Gasteiger partial charge in [0.05, 0.1) is 25.9 Å². The van der Waals surface area contributed by atoms with Gasteiger partial charge in [-0.25, -0.2) is 0 Å². The van der Waals surface area contributed by atoms with Crippen LogP contribution in [0, 0.1) is 0 Å². The Bertz CT molecular complexity index is 639. The number of ether oxygens (including phenoxy) is 1. The second-order valence-electron chi connectivity index (χ2n) is 6.38. The van der Waals surface area contributed by atoms with Crippen molar-refractivity contribution in [3.05, 3.63) is 34.0 Å². The number of β-amino-alcohol motifs (C(OH)–C–C–N with tert-alkyl or cyclic N) is 1. The molecule has 1 atom stereocenters. The van der Waals surface area contributed by atoms with Crippen molar-refractivity contribution in [3.8, 4) is 0 Å². The molecule has 7 heteroatoms. The van der Waals surface area contributed by atoms with E-state index in [0.29, 0.717) is 25.7 Å². The first-order valence-electron chi connectivity index (χ1n) is 8.22. The third-order valence-electron chi connectivity index (χ3n) is 4.41. The van der Waals surface area contributed by atoms with Gasteiger partial charge in [-0.05, 0) is 24.3 Å². The van der Waals surface area contributed by atoms with E-state index in [1.807, 2.05) is 17.5 Å². The first kappa shape index (κ1) is 15.3. The average Bonchev–Trinajstić information content (AvgIpc) is 3.09. The maximum absolute atomic E-state index is 10.2. The lowest BCUT2D eigenvalue weighted by molar-refractivity contribution is 0.00607. The number of thiophene rings is 1. The number of aliphatic hydroxyl groups excluding tert-OH is 1. The van der Waals surface area contributed by atoms with E-state index >= 15 is 0 Å². The Morgan fingerprint density at radius 3 is 3.04 bits per heavy atom. The molecule has 2 aromatic rings. The summed E-state index contributed by atoms with van der Waals surface area (Å²) in [5.74, 6) is 2.84. The lowest BCUT2D eigenvalue weighted by Gasteiger charge is -2.29. The summed E-state index contributed by atoms with van der Waals surface area (Å²) in [4.78, 5) is 3.43. The number of aromatic nitrogens is 3. The number of fused-ring (bicyclic) bond motifs is 1. The molecule has 124 valence electrons. The summed E-state index contributed by atoms with van der Waals surface area (Å²) in [7, 11) is 0. The maximum atomic E-state index is 10.2. The monoisotopic (exact) mass is 334 g/mol. The molecule has 6 nitrogen and oxygen atoms in total. The Kier molecular flexibility index (Phi) is 4.43. The molecule has 1 saturated carbocycles. The molecule has 0 spiro atoms. The van der Waals surface area contributed by atoms with Crippen LogP contribution in [0.3, 0.4) is 0 Å². The van der Waals surface area contributed by atoms with Crippen molar-refractivity contribution in [1.82, 2.24) is 19.7 Å². The van der Waals surface area contributed by atoms with Gasteiger partial charge in [-0.1, -0.05) is 6.07 Å². The predicted molar refractivity (Wildman–Crippen MR) is 87.3 cm³/mol. The molecule has 0 aromatic carbocycles. The fourth-order valence-electron chi connectivity index (χ4n) is 3.07. The van der Waals surface area contributed by atoms with E-state index in [4.69, 9.17) is 4.74 Å². The van der Waals surface area contributed by atoms with E-state index in [9.17, 15) is 5.11 Å². The topological polar surface area (TPSA) is 63.4 Å². The summed E-state index contributed by atoms with van der Waals surface area (Å²) in [6.45, 7) is 4.20. The summed E-state index contributed by atoms with van der Waals surface area (Å²) in [6.07, 6.45) is 2.04. The average molecular weight is 334 g/mol. The van der Waals surface area contributed by atoms with Crippen LogP contribution in [0.15, 0.2) is 17.5 Å². The third kappa shape index (κ3) is 3.63. The zero-order valence-corrected chi connectivity index (χ0v) is 13.9. The lowest BCUT2D eigenvalue weighted by Crippen LogP contribution is -2.40. The Morgan fingerprint density at radius 2 is 2.26 bits per heavy atom. The molecule has 23 heavy (non-hydrogen) atoms. The summed E-state index contributed by atoms with van der Waals surface area (Å²) in [5.41, 5.74) is 0. The smallest absolute Gasteiger partial charge is 0.147 e. The van der Waals surface area contributed by atoms with Gasteiger partial charge < -0.3 is 14.4 Å². The SMILES string of the molecule is O[C@@H](COCc1cccs1)CN1CCn2c(nnc2C2CC2)C1. The zero-order chi connectivity index (χ0) is 15.6. The van der Waals surface area contributed by atoms with Gasteiger partial charge in [0, 0.05) is 30.4 Å². The Balaban J connectivity index is 1.24. The minimum absolute atomic E-state index is 0.369. The summed E-state index contributed by atoms with van der Waals surface area (Å²) < 4.78 is 7.87. The van der Waals surface area contributed by atoms with Crippen molar-refractivity contribution in [2.24, 2.45) is 0 Å². The van der Waals surface area contributed by atoms with E-state index in [1.165, 1.54) is 23.5 Å². The Hall–Kier alpha value is -1.28. The molecule has 0 bridgehead atoms. The van der Waals surface area contributed by atoms with E-state index < -0.39 is 6.10 Å². The highest BCUT2D eigenvalue weighted by molar-refractivity contribution is 7.09. The first-order valence-corrected chi connectivity index (χ1v) is 9.10. The Morgan fingerprint density at radius 1 is 1.35 bits per heavy atom. The highest BCUT2D eigenvalue weighted by Crippen LogP contribution is 2.39. The van der Waals surface area contributed by atoms with E-state index in [2.05, 4.69) is 19.7 Å². The second kappa shape index (κ2) is 6.68. The molecule has 1 N–H and O–H groups in total. The molecule has 1 fully saturated rings. The zero-order valence-electron chi connectivity index (χ0n) is 13.1. The molecular formula is C16H22N4O2S. The molecular weight excluding hydrogens is 312 g/mol. The molecule has 1 aliphatic heterocycles. The molecule has 0 radical (unpaired) electrons.